The van der Waals surface area contributed by atoms with E-state index >= 15 is 0 Å². The number of fused-ring (bicyclic) bond motifs is 4. The van der Waals surface area contributed by atoms with E-state index in [4.69, 9.17) is 9.72 Å². The van der Waals surface area contributed by atoms with Gasteiger partial charge in [-0.1, -0.05) is 38.5 Å². The van der Waals surface area contributed by atoms with Gasteiger partial charge < -0.3 is 20.5 Å². The minimum atomic E-state index is -1.08. The fraction of sp³-hybridized carbons (Fsp3) is 0.594. The summed E-state index contributed by atoms with van der Waals surface area (Å²) in [6, 6.07) is 8.21. The largest absolute Gasteiger partial charge is 0.452 e. The summed E-state index contributed by atoms with van der Waals surface area (Å²) in [5, 5.41) is 18.5. The second-order valence-electron chi connectivity index (χ2n) is 12.1. The Morgan fingerprint density at radius 1 is 0.907 bits per heavy atom. The van der Waals surface area contributed by atoms with Crippen LogP contribution in [0.3, 0.4) is 0 Å². The fourth-order valence-electron chi connectivity index (χ4n) is 5.52. The van der Waals surface area contributed by atoms with E-state index in [1.165, 1.54) is 5.01 Å². The third-order valence-corrected chi connectivity index (χ3v) is 8.14. The van der Waals surface area contributed by atoms with Crippen LogP contribution >= 0.6 is 0 Å². The number of aryl methyl sites for hydroxylation is 1. The lowest BCUT2D eigenvalue weighted by molar-refractivity contribution is -0.160. The molecule has 1 fully saturated rings. The second-order valence-corrected chi connectivity index (χ2v) is 12.1. The predicted molar refractivity (Wildman–Crippen MR) is 161 cm³/mol. The third-order valence-electron chi connectivity index (χ3n) is 8.14. The highest BCUT2D eigenvalue weighted by molar-refractivity contribution is 5.90. The van der Waals surface area contributed by atoms with Crippen LogP contribution in [-0.2, 0) is 30.3 Å². The van der Waals surface area contributed by atoms with Crippen molar-refractivity contribution < 1.29 is 29.0 Å². The van der Waals surface area contributed by atoms with Gasteiger partial charge in [0.05, 0.1) is 23.4 Å². The summed E-state index contributed by atoms with van der Waals surface area (Å²) in [6.07, 6.45) is 2.72. The number of aromatic nitrogens is 1. The Morgan fingerprint density at radius 3 is 2.42 bits per heavy atom. The number of cyclic esters (lactones) is 1. The zero-order valence-electron chi connectivity index (χ0n) is 25.6. The molecular formula is C32H45N5O6. The molecule has 43 heavy (non-hydrogen) atoms. The van der Waals surface area contributed by atoms with E-state index in [1.54, 1.807) is 20.8 Å². The molecule has 1 aromatic carbocycles. The average molecular weight is 596 g/mol. The van der Waals surface area contributed by atoms with Crippen molar-refractivity contribution in [2.75, 3.05) is 6.54 Å². The monoisotopic (exact) mass is 595 g/mol. The molecule has 2 aliphatic rings. The number of benzene rings is 1. The number of carbonyl (C=O) groups is 4. The highest BCUT2D eigenvalue weighted by Gasteiger charge is 2.33. The van der Waals surface area contributed by atoms with Crippen LogP contribution in [0.25, 0.3) is 10.9 Å². The molecule has 0 spiro atoms. The molecule has 0 saturated carbocycles. The molecule has 3 amide bonds. The number of hydrogen-bond acceptors (Lipinski definition) is 8. The number of aliphatic hydroxyl groups excluding tert-OH is 1. The molecule has 0 radical (unpaired) electrons. The van der Waals surface area contributed by atoms with Crippen molar-refractivity contribution in [3.05, 3.63) is 41.6 Å². The van der Waals surface area contributed by atoms with Gasteiger partial charge in [0.25, 0.3) is 11.8 Å². The number of ether oxygens (including phenoxy) is 1. The van der Waals surface area contributed by atoms with Crippen LogP contribution in [0.15, 0.2) is 30.3 Å². The first kappa shape index (κ1) is 32.3. The van der Waals surface area contributed by atoms with Gasteiger partial charge in [0.15, 0.2) is 6.10 Å². The van der Waals surface area contributed by atoms with Crippen LogP contribution in [0.4, 0.5) is 0 Å². The minimum absolute atomic E-state index is 0.00952. The van der Waals surface area contributed by atoms with E-state index in [2.05, 4.69) is 28.2 Å². The normalized spacial score (nSPS) is 27.4. The predicted octanol–water partition coefficient (Wildman–Crippen LogP) is 2.85. The summed E-state index contributed by atoms with van der Waals surface area (Å²) in [4.78, 5) is 56.9. The Balaban J connectivity index is 1.53. The average Bonchev–Trinajstić information content (AvgIpc) is 2.99. The van der Waals surface area contributed by atoms with Crippen molar-refractivity contribution in [2.45, 2.75) is 109 Å². The smallest absolute Gasteiger partial charge is 0.306 e. The summed E-state index contributed by atoms with van der Waals surface area (Å²) in [5.74, 6) is -2.09. The summed E-state index contributed by atoms with van der Waals surface area (Å²) in [5.41, 5.74) is 5.75. The van der Waals surface area contributed by atoms with Gasteiger partial charge in [0.1, 0.15) is 12.1 Å². The highest BCUT2D eigenvalue weighted by atomic mass is 16.5. The zero-order valence-corrected chi connectivity index (χ0v) is 25.6. The Bertz CT molecular complexity index is 1320. The van der Waals surface area contributed by atoms with Crippen molar-refractivity contribution in [2.24, 2.45) is 5.92 Å². The van der Waals surface area contributed by atoms with Gasteiger partial charge in [-0.15, -0.1) is 0 Å². The molecule has 11 heteroatoms. The highest BCUT2D eigenvalue weighted by Crippen LogP contribution is 2.21. The Hall–Kier alpha value is -3.57. The van der Waals surface area contributed by atoms with Gasteiger partial charge in [-0.3, -0.25) is 29.2 Å². The van der Waals surface area contributed by atoms with E-state index in [0.29, 0.717) is 25.8 Å². The summed E-state index contributed by atoms with van der Waals surface area (Å²) in [7, 11) is 0. The van der Waals surface area contributed by atoms with E-state index in [9.17, 15) is 24.3 Å². The van der Waals surface area contributed by atoms with Crippen LogP contribution < -0.4 is 16.1 Å². The van der Waals surface area contributed by atoms with Crippen LogP contribution in [0.5, 0.6) is 0 Å². The van der Waals surface area contributed by atoms with Crippen molar-refractivity contribution in [1.29, 1.82) is 0 Å². The summed E-state index contributed by atoms with van der Waals surface area (Å²) in [6.45, 7) is 7.35. The van der Waals surface area contributed by atoms with Gasteiger partial charge in [0.2, 0.25) is 5.91 Å². The van der Waals surface area contributed by atoms with Crippen LogP contribution in [0.2, 0.25) is 0 Å². The van der Waals surface area contributed by atoms with E-state index < -0.39 is 42.1 Å². The molecule has 1 saturated heterocycles. The topological polar surface area (TPSA) is 150 Å². The maximum Gasteiger partial charge on any atom is 0.306 e. The Morgan fingerprint density at radius 2 is 1.65 bits per heavy atom. The van der Waals surface area contributed by atoms with Crippen LogP contribution in [0, 0.1) is 5.92 Å². The third kappa shape index (κ3) is 8.73. The molecule has 4 N–H and O–H groups in total. The van der Waals surface area contributed by atoms with Gasteiger partial charge in [-0.05, 0) is 76.0 Å². The van der Waals surface area contributed by atoms with Crippen molar-refractivity contribution in [3.63, 3.8) is 0 Å². The first-order valence-corrected chi connectivity index (χ1v) is 15.5. The molecule has 1 aromatic heterocycles. The van der Waals surface area contributed by atoms with E-state index in [-0.39, 0.29) is 30.7 Å². The van der Waals surface area contributed by atoms with Crippen molar-refractivity contribution in [3.8, 4) is 0 Å². The first-order chi connectivity index (χ1) is 20.5. The van der Waals surface area contributed by atoms with Crippen LogP contribution in [-0.4, -0.2) is 69.6 Å². The van der Waals surface area contributed by atoms with Gasteiger partial charge in [-0.25, -0.2) is 5.43 Å². The molecular weight excluding hydrogens is 550 g/mol. The molecule has 0 aliphatic carbocycles. The number of amides is 3. The minimum Gasteiger partial charge on any atom is -0.452 e. The molecule has 5 atom stereocenters. The summed E-state index contributed by atoms with van der Waals surface area (Å²) < 4.78 is 5.49. The molecule has 11 nitrogen and oxygen atoms in total. The standard InChI is InChI=1S/C32H45N5O6/c1-19(2)29-31(41)34-21(4)32(42)37-17-7-10-26(36-37)30(40)33-20(3)25-15-13-23-12-11-22(18-27(23)35-25)8-5-6-9-24(38)14-16-28(39)43-29/h11-13,15,18-21,24,26,29,36,38H,5-10,14,16-17H2,1-4H3,(H,33,40)(H,34,41)/t20-,21+,24+,26+,29+/m1/s1. The van der Waals surface area contributed by atoms with Gasteiger partial charge >= 0.3 is 5.97 Å². The van der Waals surface area contributed by atoms with Gasteiger partial charge in [0, 0.05) is 18.4 Å². The first-order valence-electron chi connectivity index (χ1n) is 15.5. The number of hydrazine groups is 1. The number of hydrogen-bond donors (Lipinski definition) is 4. The molecule has 3 heterocycles. The fourth-order valence-corrected chi connectivity index (χ4v) is 5.52. The number of rotatable bonds is 1. The van der Waals surface area contributed by atoms with E-state index in [1.807, 2.05) is 25.1 Å². The van der Waals surface area contributed by atoms with Crippen LogP contribution in [0.1, 0.15) is 89.9 Å². The Kier molecular flexibility index (Phi) is 11.1. The molecule has 5 bridgehead atoms. The quantitative estimate of drug-likeness (QED) is 0.368. The maximum atomic E-state index is 13.2. The zero-order chi connectivity index (χ0) is 31.1. The van der Waals surface area contributed by atoms with Crippen molar-refractivity contribution in [1.82, 2.24) is 26.1 Å². The molecule has 234 valence electrons. The van der Waals surface area contributed by atoms with E-state index in [0.717, 1.165) is 41.4 Å². The lowest BCUT2D eigenvalue weighted by Crippen LogP contribution is -2.61. The summed E-state index contributed by atoms with van der Waals surface area (Å²) >= 11 is 0. The molecule has 2 aliphatic heterocycles. The number of nitrogens with one attached hydrogen (secondary N) is 3. The molecule has 4 rings (SSSR count). The van der Waals surface area contributed by atoms with Gasteiger partial charge in [-0.2, -0.15) is 0 Å². The number of nitrogens with zero attached hydrogens (tertiary/aromatic N) is 2. The lowest BCUT2D eigenvalue weighted by Gasteiger charge is -2.35. The number of esters is 1. The Labute approximate surface area is 253 Å². The maximum absolute atomic E-state index is 13.2. The number of pyridine rings is 1. The second kappa shape index (κ2) is 14.7. The van der Waals surface area contributed by atoms with Crippen molar-refractivity contribution >= 4 is 34.6 Å². The number of carbonyl (C=O) groups excluding carboxylic acids is 4. The SMILES string of the molecule is CC(C)[C@@H]1OC(=O)CC[C@@H](O)CCCCc2ccc3ccc(nc3c2)[C@@H](C)NC(=O)[C@@H]2CCCN(N2)C(=O)[C@H](C)NC1=O. The lowest BCUT2D eigenvalue weighted by atomic mass is 10.0. The molecule has 2 aromatic rings. The number of aliphatic hydroxyl groups is 1. The molecule has 0 unspecified atom stereocenters.